The fourth-order valence-electron chi connectivity index (χ4n) is 3.85. The molecular formula is C20H20F2N4O3. The van der Waals surface area contributed by atoms with E-state index in [0.717, 1.165) is 16.8 Å². The second-order valence-corrected chi connectivity index (χ2v) is 7.57. The van der Waals surface area contributed by atoms with Gasteiger partial charge in [0.25, 0.3) is 11.5 Å². The van der Waals surface area contributed by atoms with E-state index < -0.39 is 22.9 Å². The van der Waals surface area contributed by atoms with Crippen molar-refractivity contribution in [2.45, 2.75) is 39.4 Å². The van der Waals surface area contributed by atoms with Gasteiger partial charge >= 0.3 is 0 Å². The van der Waals surface area contributed by atoms with Gasteiger partial charge in [-0.15, -0.1) is 0 Å². The molecule has 0 unspecified atom stereocenters. The zero-order valence-electron chi connectivity index (χ0n) is 16.2. The molecule has 0 saturated carbocycles. The highest BCUT2D eigenvalue weighted by Gasteiger charge is 2.36. The molecule has 4 rings (SSSR count). The fourth-order valence-corrected chi connectivity index (χ4v) is 3.85. The molecule has 0 fully saturated rings. The van der Waals surface area contributed by atoms with Crippen LogP contribution in [0.1, 0.15) is 42.9 Å². The maximum Gasteiger partial charge on any atom is 0.280 e. The number of fused-ring (bicyclic) bond motifs is 3. The Morgan fingerprint density at radius 3 is 2.66 bits per heavy atom. The molecular weight excluding hydrogens is 382 g/mol. The van der Waals surface area contributed by atoms with E-state index in [9.17, 15) is 23.5 Å². The van der Waals surface area contributed by atoms with Crippen molar-refractivity contribution in [1.82, 2.24) is 19.2 Å². The summed E-state index contributed by atoms with van der Waals surface area (Å²) in [6, 6.07) is 2.83. The summed E-state index contributed by atoms with van der Waals surface area (Å²) in [7, 11) is 0. The first kappa shape index (κ1) is 19.1. The first-order valence-electron chi connectivity index (χ1n) is 9.28. The fraction of sp³-hybridized carbons (Fsp3) is 0.350. The number of carbonyl (C=O) groups excluding carboxylic acids is 1. The van der Waals surface area contributed by atoms with Crippen LogP contribution in [0.15, 0.2) is 29.2 Å². The molecule has 1 aromatic carbocycles. The standard InChI is InChI=1S/C20H20F2N4O3/c1-10(2)24-8-11(3)26-15-7-23-25(9-12-4-5-13(21)6-14(12)22)19(28)16(15)18(27)17(26)20(24)29/h4-7,10-11,27H,8-9H2,1-3H3/t11-/m0/s1. The van der Waals surface area contributed by atoms with Crippen LogP contribution in [-0.2, 0) is 6.54 Å². The molecule has 7 nitrogen and oxygen atoms in total. The summed E-state index contributed by atoms with van der Waals surface area (Å²) in [5.74, 6) is -2.28. The summed E-state index contributed by atoms with van der Waals surface area (Å²) >= 11 is 0. The number of benzene rings is 1. The van der Waals surface area contributed by atoms with Crippen LogP contribution < -0.4 is 5.56 Å². The topological polar surface area (TPSA) is 80.4 Å². The average molecular weight is 402 g/mol. The monoisotopic (exact) mass is 402 g/mol. The Kier molecular flexibility index (Phi) is 4.40. The number of nitrogens with zero attached hydrogens (tertiary/aromatic N) is 4. The lowest BCUT2D eigenvalue weighted by atomic mass is 10.1. The van der Waals surface area contributed by atoms with Crippen molar-refractivity contribution in [3.63, 3.8) is 0 Å². The third-order valence-corrected chi connectivity index (χ3v) is 5.31. The van der Waals surface area contributed by atoms with Gasteiger partial charge in [0.15, 0.2) is 11.4 Å². The van der Waals surface area contributed by atoms with Gasteiger partial charge in [-0.25, -0.2) is 13.5 Å². The van der Waals surface area contributed by atoms with Crippen molar-refractivity contribution < 1.29 is 18.7 Å². The second kappa shape index (κ2) is 6.68. The summed E-state index contributed by atoms with van der Waals surface area (Å²) in [5, 5.41) is 14.8. The van der Waals surface area contributed by atoms with Crippen LogP contribution in [0.2, 0.25) is 0 Å². The van der Waals surface area contributed by atoms with Crippen LogP contribution in [0.4, 0.5) is 8.78 Å². The summed E-state index contributed by atoms with van der Waals surface area (Å²) in [5.41, 5.74) is -0.166. The number of carbonyl (C=O) groups is 1. The van der Waals surface area contributed by atoms with Crippen LogP contribution in [0.5, 0.6) is 5.75 Å². The lowest BCUT2D eigenvalue weighted by Crippen LogP contribution is -2.45. The molecule has 0 saturated heterocycles. The third-order valence-electron chi connectivity index (χ3n) is 5.31. The van der Waals surface area contributed by atoms with Gasteiger partial charge in [0.1, 0.15) is 17.0 Å². The van der Waals surface area contributed by atoms with E-state index in [4.69, 9.17) is 0 Å². The summed E-state index contributed by atoms with van der Waals surface area (Å²) in [6.07, 6.45) is 1.39. The number of aromatic nitrogens is 3. The molecule has 0 bridgehead atoms. The number of rotatable bonds is 3. The van der Waals surface area contributed by atoms with Gasteiger partial charge in [-0.1, -0.05) is 6.07 Å². The molecule has 0 aliphatic carbocycles. The van der Waals surface area contributed by atoms with Crippen molar-refractivity contribution in [1.29, 1.82) is 0 Å². The van der Waals surface area contributed by atoms with E-state index in [1.165, 1.54) is 12.3 Å². The van der Waals surface area contributed by atoms with E-state index in [1.54, 1.807) is 9.47 Å². The van der Waals surface area contributed by atoms with E-state index in [-0.39, 0.29) is 41.2 Å². The van der Waals surface area contributed by atoms with Crippen LogP contribution in [0.25, 0.3) is 10.9 Å². The van der Waals surface area contributed by atoms with Gasteiger partial charge in [-0.05, 0) is 26.8 Å². The van der Waals surface area contributed by atoms with Crippen LogP contribution >= 0.6 is 0 Å². The highest BCUT2D eigenvalue weighted by atomic mass is 19.1. The summed E-state index contributed by atoms with van der Waals surface area (Å²) < 4.78 is 29.7. The van der Waals surface area contributed by atoms with Crippen LogP contribution in [0, 0.1) is 11.6 Å². The maximum absolute atomic E-state index is 14.0. The number of hydrogen-bond acceptors (Lipinski definition) is 4. The molecule has 3 aromatic rings. The Labute approximate surface area is 164 Å². The maximum atomic E-state index is 14.0. The van der Waals surface area contributed by atoms with Crippen molar-refractivity contribution in [3.8, 4) is 5.75 Å². The normalized spacial score (nSPS) is 16.7. The van der Waals surface area contributed by atoms with E-state index in [1.807, 2.05) is 20.8 Å². The van der Waals surface area contributed by atoms with E-state index in [0.29, 0.717) is 12.1 Å². The number of halogens is 2. The lowest BCUT2D eigenvalue weighted by molar-refractivity contribution is 0.0616. The van der Waals surface area contributed by atoms with Gasteiger partial charge in [0.05, 0.1) is 18.3 Å². The average Bonchev–Trinajstić information content (AvgIpc) is 2.96. The van der Waals surface area contributed by atoms with Crippen molar-refractivity contribution in [2.24, 2.45) is 0 Å². The minimum atomic E-state index is -0.796. The van der Waals surface area contributed by atoms with Crippen LogP contribution in [-0.4, -0.2) is 42.8 Å². The Morgan fingerprint density at radius 1 is 1.28 bits per heavy atom. The minimum absolute atomic E-state index is 0.0386. The predicted molar refractivity (Wildman–Crippen MR) is 102 cm³/mol. The SMILES string of the molecule is CC(C)N1C[C@H](C)n2c(c(O)c3c(=O)n(Cc4ccc(F)cc4F)ncc32)C1=O. The molecule has 29 heavy (non-hydrogen) atoms. The van der Waals surface area contributed by atoms with E-state index >= 15 is 0 Å². The number of amides is 1. The smallest absolute Gasteiger partial charge is 0.280 e. The van der Waals surface area contributed by atoms with Crippen molar-refractivity contribution in [2.75, 3.05) is 6.54 Å². The predicted octanol–water partition coefficient (Wildman–Crippen LogP) is 2.66. The van der Waals surface area contributed by atoms with Gasteiger partial charge in [-0.3, -0.25) is 9.59 Å². The molecule has 1 aliphatic heterocycles. The first-order valence-corrected chi connectivity index (χ1v) is 9.28. The molecule has 1 aliphatic rings. The number of aromatic hydroxyl groups is 1. The van der Waals surface area contributed by atoms with Gasteiger partial charge in [-0.2, -0.15) is 5.10 Å². The Bertz CT molecular complexity index is 1200. The Balaban J connectivity index is 1.87. The molecule has 1 N–H and O–H groups in total. The third kappa shape index (κ3) is 2.88. The highest BCUT2D eigenvalue weighted by Crippen LogP contribution is 2.36. The van der Waals surface area contributed by atoms with E-state index in [2.05, 4.69) is 5.10 Å². The van der Waals surface area contributed by atoms with Crippen molar-refractivity contribution >= 4 is 16.8 Å². The molecule has 2 aromatic heterocycles. The van der Waals surface area contributed by atoms with Gasteiger partial charge < -0.3 is 14.6 Å². The second-order valence-electron chi connectivity index (χ2n) is 7.57. The Hall–Kier alpha value is -3.23. The molecule has 0 radical (unpaired) electrons. The molecule has 1 atom stereocenters. The molecule has 3 heterocycles. The first-order chi connectivity index (χ1) is 13.7. The van der Waals surface area contributed by atoms with Crippen LogP contribution in [0.3, 0.4) is 0 Å². The largest absolute Gasteiger partial charge is 0.505 e. The molecule has 9 heteroatoms. The zero-order valence-corrected chi connectivity index (χ0v) is 16.2. The molecule has 152 valence electrons. The van der Waals surface area contributed by atoms with Gasteiger partial charge in [0, 0.05) is 30.3 Å². The zero-order chi connectivity index (χ0) is 21.0. The number of hydrogen-bond donors (Lipinski definition) is 1. The summed E-state index contributed by atoms with van der Waals surface area (Å²) in [6.45, 7) is 5.86. The highest BCUT2D eigenvalue weighted by molar-refractivity contribution is 6.04. The Morgan fingerprint density at radius 2 is 2.00 bits per heavy atom. The molecule has 0 spiro atoms. The minimum Gasteiger partial charge on any atom is -0.505 e. The van der Waals surface area contributed by atoms with Crippen molar-refractivity contribution in [3.05, 3.63) is 57.6 Å². The quantitative estimate of drug-likeness (QED) is 0.731. The summed E-state index contributed by atoms with van der Waals surface area (Å²) in [4.78, 5) is 27.5. The lowest BCUT2D eigenvalue weighted by Gasteiger charge is -2.35. The molecule has 1 amide bonds. The van der Waals surface area contributed by atoms with Gasteiger partial charge in [0.2, 0.25) is 0 Å².